The first-order valence-corrected chi connectivity index (χ1v) is 6.20. The molecule has 0 bridgehead atoms. The molecule has 0 aliphatic heterocycles. The number of pyridine rings is 1. The van der Waals surface area contributed by atoms with Gasteiger partial charge in [0.05, 0.1) is 0 Å². The average Bonchev–Trinajstić information content (AvgIpc) is 2.32. The van der Waals surface area contributed by atoms with Crippen molar-refractivity contribution in [1.29, 1.82) is 0 Å². The van der Waals surface area contributed by atoms with Crippen molar-refractivity contribution in [3.05, 3.63) is 28.7 Å². The van der Waals surface area contributed by atoms with Crippen LogP contribution in [-0.4, -0.2) is 29.1 Å². The Morgan fingerprint density at radius 2 is 2.18 bits per heavy atom. The van der Waals surface area contributed by atoms with Crippen LogP contribution in [0.5, 0.6) is 0 Å². The minimum Gasteiger partial charge on any atom is -0.398 e. The van der Waals surface area contributed by atoms with E-state index in [9.17, 15) is 4.79 Å². The fourth-order valence-electron chi connectivity index (χ4n) is 1.75. The van der Waals surface area contributed by atoms with Gasteiger partial charge in [-0.2, -0.15) is 0 Å². The number of rotatable bonds is 6. The van der Waals surface area contributed by atoms with E-state index >= 15 is 0 Å². The maximum atomic E-state index is 11.5. The molecule has 96 valence electrons. The van der Waals surface area contributed by atoms with Crippen LogP contribution in [0.2, 0.25) is 0 Å². The summed E-state index contributed by atoms with van der Waals surface area (Å²) >= 11 is 0. The van der Waals surface area contributed by atoms with E-state index < -0.39 is 0 Å². The third-order valence-electron chi connectivity index (χ3n) is 3.26. The molecule has 1 aromatic rings. The first-order valence-electron chi connectivity index (χ1n) is 6.20. The highest BCUT2D eigenvalue weighted by atomic mass is 16.1. The van der Waals surface area contributed by atoms with Gasteiger partial charge in [-0.05, 0) is 39.4 Å². The van der Waals surface area contributed by atoms with Gasteiger partial charge < -0.3 is 15.2 Å². The Balaban J connectivity index is 2.46. The van der Waals surface area contributed by atoms with E-state index in [2.05, 4.69) is 25.8 Å². The first kappa shape index (κ1) is 13.8. The zero-order chi connectivity index (χ0) is 12.8. The van der Waals surface area contributed by atoms with Gasteiger partial charge in [-0.1, -0.05) is 6.92 Å². The van der Waals surface area contributed by atoms with Gasteiger partial charge in [-0.25, -0.2) is 0 Å². The molecule has 1 aromatic heterocycles. The Hall–Kier alpha value is -1.29. The second kappa shape index (κ2) is 6.45. The maximum Gasteiger partial charge on any atom is 0.250 e. The summed E-state index contributed by atoms with van der Waals surface area (Å²) in [4.78, 5) is 13.8. The van der Waals surface area contributed by atoms with Gasteiger partial charge in [0.2, 0.25) is 0 Å². The molecule has 1 atom stereocenters. The van der Waals surface area contributed by atoms with E-state index in [1.807, 2.05) is 0 Å². The highest BCUT2D eigenvalue weighted by Gasteiger charge is 2.06. The van der Waals surface area contributed by atoms with E-state index in [1.54, 1.807) is 16.8 Å². The first-order chi connectivity index (χ1) is 8.04. The third kappa shape index (κ3) is 4.23. The fourth-order valence-corrected chi connectivity index (χ4v) is 1.75. The van der Waals surface area contributed by atoms with Gasteiger partial charge in [-0.3, -0.25) is 4.79 Å². The molecule has 0 saturated carbocycles. The molecule has 0 radical (unpaired) electrons. The molecule has 0 spiro atoms. The predicted octanol–water partition coefficient (Wildman–Crippen LogP) is 1.55. The standard InChI is InChI=1S/C13H23N3O/c1-4-11(2)15(3)8-5-9-16-10-12(14)6-7-13(16)17/h6-7,10-11H,4-5,8-9,14H2,1-3H3. The van der Waals surface area contributed by atoms with Crippen molar-refractivity contribution in [3.8, 4) is 0 Å². The van der Waals surface area contributed by atoms with Crippen molar-refractivity contribution in [2.24, 2.45) is 0 Å². The van der Waals surface area contributed by atoms with Crippen LogP contribution in [0.3, 0.4) is 0 Å². The van der Waals surface area contributed by atoms with Gasteiger partial charge in [0.1, 0.15) is 0 Å². The molecule has 0 aliphatic rings. The number of nitrogens with zero attached hydrogens (tertiary/aromatic N) is 2. The van der Waals surface area contributed by atoms with Crippen molar-refractivity contribution in [3.63, 3.8) is 0 Å². The molecular weight excluding hydrogens is 214 g/mol. The van der Waals surface area contributed by atoms with E-state index in [-0.39, 0.29) is 5.56 Å². The minimum atomic E-state index is 0.0189. The Morgan fingerprint density at radius 3 is 2.82 bits per heavy atom. The summed E-state index contributed by atoms with van der Waals surface area (Å²) in [6.45, 7) is 6.12. The van der Waals surface area contributed by atoms with Crippen molar-refractivity contribution < 1.29 is 0 Å². The summed E-state index contributed by atoms with van der Waals surface area (Å²) in [5, 5.41) is 0. The van der Waals surface area contributed by atoms with Crippen LogP contribution in [0.25, 0.3) is 0 Å². The second-order valence-electron chi connectivity index (χ2n) is 4.59. The van der Waals surface area contributed by atoms with Crippen LogP contribution in [0.4, 0.5) is 5.69 Å². The third-order valence-corrected chi connectivity index (χ3v) is 3.26. The highest BCUT2D eigenvalue weighted by molar-refractivity contribution is 5.33. The summed E-state index contributed by atoms with van der Waals surface area (Å²) in [5.41, 5.74) is 6.32. The summed E-state index contributed by atoms with van der Waals surface area (Å²) < 4.78 is 1.68. The highest BCUT2D eigenvalue weighted by Crippen LogP contribution is 2.02. The molecule has 4 nitrogen and oxygen atoms in total. The summed E-state index contributed by atoms with van der Waals surface area (Å²) in [5.74, 6) is 0. The SMILES string of the molecule is CCC(C)N(C)CCCn1cc(N)ccc1=O. The lowest BCUT2D eigenvalue weighted by Crippen LogP contribution is -2.30. The normalized spacial score (nSPS) is 12.9. The molecule has 2 N–H and O–H groups in total. The second-order valence-corrected chi connectivity index (χ2v) is 4.59. The monoisotopic (exact) mass is 237 g/mol. The van der Waals surface area contributed by atoms with Gasteiger partial charge in [0, 0.05) is 30.5 Å². The van der Waals surface area contributed by atoms with Gasteiger partial charge >= 0.3 is 0 Å². The molecule has 0 amide bonds. The average molecular weight is 237 g/mol. The Morgan fingerprint density at radius 1 is 1.47 bits per heavy atom. The smallest absolute Gasteiger partial charge is 0.250 e. The van der Waals surface area contributed by atoms with Crippen molar-refractivity contribution >= 4 is 5.69 Å². The molecule has 0 aromatic carbocycles. The van der Waals surface area contributed by atoms with Crippen LogP contribution in [-0.2, 0) is 6.54 Å². The maximum absolute atomic E-state index is 11.5. The minimum absolute atomic E-state index is 0.0189. The Bertz CT molecular complexity index is 400. The quantitative estimate of drug-likeness (QED) is 0.816. The van der Waals surface area contributed by atoms with Gasteiger partial charge in [0.15, 0.2) is 0 Å². The van der Waals surface area contributed by atoms with E-state index in [4.69, 9.17) is 5.73 Å². The van der Waals surface area contributed by atoms with Crippen LogP contribution in [0, 0.1) is 0 Å². The molecule has 1 heterocycles. The van der Waals surface area contributed by atoms with Crippen LogP contribution in [0.15, 0.2) is 23.1 Å². The lowest BCUT2D eigenvalue weighted by molar-refractivity contribution is 0.244. The number of aromatic nitrogens is 1. The van der Waals surface area contributed by atoms with Crippen LogP contribution < -0.4 is 11.3 Å². The van der Waals surface area contributed by atoms with Gasteiger partial charge in [0.25, 0.3) is 5.56 Å². The molecule has 0 saturated heterocycles. The van der Waals surface area contributed by atoms with Crippen molar-refractivity contribution in [2.45, 2.75) is 39.3 Å². The van der Waals surface area contributed by atoms with Crippen LogP contribution in [0.1, 0.15) is 26.7 Å². The lowest BCUT2D eigenvalue weighted by atomic mass is 10.2. The number of hydrogen-bond acceptors (Lipinski definition) is 3. The summed E-state index contributed by atoms with van der Waals surface area (Å²) in [7, 11) is 2.12. The molecular formula is C13H23N3O. The Labute approximate surface area is 103 Å². The molecule has 4 heteroatoms. The Kier molecular flexibility index (Phi) is 5.22. The molecule has 0 fully saturated rings. The predicted molar refractivity (Wildman–Crippen MR) is 72.1 cm³/mol. The van der Waals surface area contributed by atoms with E-state index in [0.29, 0.717) is 11.7 Å². The number of anilines is 1. The van der Waals surface area contributed by atoms with E-state index in [0.717, 1.165) is 25.9 Å². The number of nitrogen functional groups attached to an aromatic ring is 1. The molecule has 17 heavy (non-hydrogen) atoms. The molecule has 1 rings (SSSR count). The zero-order valence-corrected chi connectivity index (χ0v) is 11.0. The fraction of sp³-hybridized carbons (Fsp3) is 0.615. The molecule has 0 aliphatic carbocycles. The molecule has 1 unspecified atom stereocenters. The number of hydrogen-bond donors (Lipinski definition) is 1. The summed E-state index contributed by atoms with van der Waals surface area (Å²) in [6.07, 6.45) is 3.82. The van der Waals surface area contributed by atoms with Gasteiger partial charge in [-0.15, -0.1) is 0 Å². The number of nitrogens with two attached hydrogens (primary N) is 1. The lowest BCUT2D eigenvalue weighted by Gasteiger charge is -2.23. The zero-order valence-electron chi connectivity index (χ0n) is 11.0. The van der Waals surface area contributed by atoms with Crippen molar-refractivity contribution in [2.75, 3.05) is 19.3 Å². The van der Waals surface area contributed by atoms with Crippen LogP contribution >= 0.6 is 0 Å². The van der Waals surface area contributed by atoms with E-state index in [1.165, 1.54) is 6.07 Å². The largest absolute Gasteiger partial charge is 0.398 e. The van der Waals surface area contributed by atoms with Crippen molar-refractivity contribution in [1.82, 2.24) is 9.47 Å². The summed E-state index contributed by atoms with van der Waals surface area (Å²) in [6, 6.07) is 3.75. The number of aryl methyl sites for hydroxylation is 1. The topological polar surface area (TPSA) is 51.3 Å².